The molecule has 2 unspecified atom stereocenters. The summed E-state index contributed by atoms with van der Waals surface area (Å²) in [6.07, 6.45) is -6.48. The van der Waals surface area contributed by atoms with E-state index in [1.54, 1.807) is 30.3 Å². The minimum atomic E-state index is -4.89. The van der Waals surface area contributed by atoms with Gasteiger partial charge in [-0.3, -0.25) is 4.79 Å². The van der Waals surface area contributed by atoms with Gasteiger partial charge >= 0.3 is 12.3 Å². The van der Waals surface area contributed by atoms with Crippen molar-refractivity contribution in [2.75, 3.05) is 0 Å². The molecule has 0 heterocycles. The van der Waals surface area contributed by atoms with Gasteiger partial charge < -0.3 is 14.2 Å². The molecule has 3 aromatic carbocycles. The van der Waals surface area contributed by atoms with E-state index < -0.39 is 39.8 Å². The summed E-state index contributed by atoms with van der Waals surface area (Å²) in [6, 6.07) is 18.1. The molecule has 0 spiro atoms. The Balaban J connectivity index is 1.57. The third-order valence-electron chi connectivity index (χ3n) is 5.49. The van der Waals surface area contributed by atoms with E-state index in [1.165, 1.54) is 24.3 Å². The quantitative estimate of drug-likeness (QED) is 0.181. The van der Waals surface area contributed by atoms with E-state index in [1.807, 2.05) is 6.07 Å². The maximum atomic E-state index is 14.3. The van der Waals surface area contributed by atoms with Crippen LogP contribution in [0.4, 0.5) is 17.6 Å². The number of hydrogen-bond acceptors (Lipinski definition) is 5. The number of para-hydroxylation sites is 1. The number of carbonyl (C=O) groups excluding carboxylic acids is 1. The van der Waals surface area contributed by atoms with Crippen LogP contribution in [0.5, 0.6) is 17.2 Å². The van der Waals surface area contributed by atoms with E-state index in [2.05, 4.69) is 4.74 Å². The highest BCUT2D eigenvalue weighted by molar-refractivity contribution is 6.54. The standard InChI is InChI=1S/C25H15Cl2F4NO4/c26-24(27)14-23(24,16-7-9-18(10-8-16)36-25(29,30)31)22(33)35-21(13-32)15-6-11-19(28)20(12-15)34-17-4-2-1-3-5-17/h1-12,21H,14H2. The zero-order valence-electron chi connectivity index (χ0n) is 18.1. The minimum Gasteiger partial charge on any atom is -0.454 e. The van der Waals surface area contributed by atoms with Crippen LogP contribution in [0.25, 0.3) is 0 Å². The summed E-state index contributed by atoms with van der Waals surface area (Å²) in [6.45, 7) is 0. The molecule has 1 fully saturated rings. The SMILES string of the molecule is N#CC(OC(=O)C1(c2ccc(OC(F)(F)F)cc2)CC1(Cl)Cl)c1ccc(F)c(Oc2ccccc2)c1. The Hall–Kier alpha value is -3.48. The summed E-state index contributed by atoms with van der Waals surface area (Å²) in [4.78, 5) is 13.2. The molecule has 0 bridgehead atoms. The first-order valence-corrected chi connectivity index (χ1v) is 11.1. The molecule has 0 saturated heterocycles. The number of carbonyl (C=O) groups is 1. The van der Waals surface area contributed by atoms with Crippen LogP contribution in [0.1, 0.15) is 23.7 Å². The third-order valence-corrected chi connectivity index (χ3v) is 6.40. The maximum Gasteiger partial charge on any atom is 0.573 e. The molecule has 0 aliphatic heterocycles. The van der Waals surface area contributed by atoms with Crippen LogP contribution in [-0.4, -0.2) is 16.7 Å². The molecule has 1 aliphatic carbocycles. The van der Waals surface area contributed by atoms with Crippen molar-refractivity contribution in [1.82, 2.24) is 0 Å². The van der Waals surface area contributed by atoms with Gasteiger partial charge in [0.15, 0.2) is 11.6 Å². The summed E-state index contributed by atoms with van der Waals surface area (Å²) in [5.74, 6) is -2.02. The Morgan fingerprint density at radius 2 is 1.64 bits per heavy atom. The predicted molar refractivity (Wildman–Crippen MR) is 121 cm³/mol. The Morgan fingerprint density at radius 1 is 1.00 bits per heavy atom. The second-order valence-electron chi connectivity index (χ2n) is 7.88. The number of alkyl halides is 5. The van der Waals surface area contributed by atoms with E-state index in [0.29, 0.717) is 5.75 Å². The fourth-order valence-corrected chi connectivity index (χ4v) is 4.41. The highest BCUT2D eigenvalue weighted by Crippen LogP contribution is 2.65. The second kappa shape index (κ2) is 9.52. The third kappa shape index (κ3) is 5.20. The first-order chi connectivity index (χ1) is 16.9. The summed E-state index contributed by atoms with van der Waals surface area (Å²) >= 11 is 12.5. The highest BCUT2D eigenvalue weighted by Gasteiger charge is 2.73. The van der Waals surface area contributed by atoms with E-state index in [0.717, 1.165) is 18.2 Å². The average molecular weight is 540 g/mol. The Kier molecular flexibility index (Phi) is 6.78. The number of hydrogen-bond donors (Lipinski definition) is 0. The summed E-state index contributed by atoms with van der Waals surface area (Å²) in [5.41, 5.74) is -1.33. The van der Waals surface area contributed by atoms with Crippen LogP contribution in [-0.2, 0) is 14.9 Å². The monoisotopic (exact) mass is 539 g/mol. The molecule has 11 heteroatoms. The molecular formula is C25H15Cl2F4NO4. The summed E-state index contributed by atoms with van der Waals surface area (Å²) in [7, 11) is 0. The number of ether oxygens (including phenoxy) is 3. The van der Waals surface area contributed by atoms with E-state index in [9.17, 15) is 27.6 Å². The summed E-state index contributed by atoms with van der Waals surface area (Å²) in [5, 5.41) is 9.66. The van der Waals surface area contributed by atoms with Gasteiger partial charge in [0.05, 0.1) is 0 Å². The molecular weight excluding hydrogens is 525 g/mol. The smallest absolute Gasteiger partial charge is 0.454 e. The van der Waals surface area contributed by atoms with Gasteiger partial charge in [-0.25, -0.2) is 4.39 Å². The largest absolute Gasteiger partial charge is 0.573 e. The molecule has 1 saturated carbocycles. The topological polar surface area (TPSA) is 68.5 Å². The summed E-state index contributed by atoms with van der Waals surface area (Å²) < 4.78 is 64.8. The van der Waals surface area contributed by atoms with Gasteiger partial charge in [0.1, 0.15) is 27.3 Å². The van der Waals surface area contributed by atoms with Gasteiger partial charge in [-0.2, -0.15) is 5.26 Å². The molecule has 3 aromatic rings. The zero-order chi connectivity index (χ0) is 26.1. The first kappa shape index (κ1) is 25.6. The van der Waals surface area contributed by atoms with Crippen molar-refractivity contribution in [2.24, 2.45) is 0 Å². The normalized spacial score (nSPS) is 19.0. The van der Waals surface area contributed by atoms with Gasteiger partial charge in [-0.05, 0) is 42.0 Å². The maximum absolute atomic E-state index is 14.3. The fraction of sp³-hybridized carbons (Fsp3) is 0.200. The van der Waals surface area contributed by atoms with Gasteiger partial charge in [-0.15, -0.1) is 13.2 Å². The van der Waals surface area contributed by atoms with Crippen LogP contribution in [0, 0.1) is 17.1 Å². The van der Waals surface area contributed by atoms with Gasteiger partial charge in [0.2, 0.25) is 6.10 Å². The van der Waals surface area contributed by atoms with E-state index >= 15 is 0 Å². The fourth-order valence-electron chi connectivity index (χ4n) is 3.64. The van der Waals surface area contributed by atoms with Crippen LogP contribution in [0.15, 0.2) is 72.8 Å². The molecule has 1 aliphatic rings. The average Bonchev–Trinajstić information content (AvgIpc) is 3.42. The molecule has 2 atom stereocenters. The Morgan fingerprint density at radius 3 is 2.19 bits per heavy atom. The lowest BCUT2D eigenvalue weighted by Crippen LogP contribution is -2.30. The van der Waals surface area contributed by atoms with Crippen molar-refractivity contribution in [3.05, 3.63) is 89.7 Å². The highest BCUT2D eigenvalue weighted by atomic mass is 35.5. The van der Waals surface area contributed by atoms with Crippen LogP contribution >= 0.6 is 23.2 Å². The molecule has 36 heavy (non-hydrogen) atoms. The van der Waals surface area contributed by atoms with Crippen molar-refractivity contribution in [3.8, 4) is 23.3 Å². The number of halogens is 6. The molecule has 0 amide bonds. The lowest BCUT2D eigenvalue weighted by molar-refractivity contribution is -0.274. The number of benzene rings is 3. The van der Waals surface area contributed by atoms with Crippen molar-refractivity contribution in [2.45, 2.75) is 28.6 Å². The molecule has 5 nitrogen and oxygen atoms in total. The Labute approximate surface area is 212 Å². The minimum absolute atomic E-state index is 0.106. The van der Waals surface area contributed by atoms with Gasteiger partial charge in [0, 0.05) is 12.0 Å². The number of esters is 1. The lowest BCUT2D eigenvalue weighted by Gasteiger charge is -2.21. The zero-order valence-corrected chi connectivity index (χ0v) is 19.6. The second-order valence-corrected chi connectivity index (χ2v) is 9.36. The lowest BCUT2D eigenvalue weighted by atomic mass is 9.95. The molecule has 4 rings (SSSR count). The molecule has 0 N–H and O–H groups in total. The molecule has 0 radical (unpaired) electrons. The van der Waals surface area contributed by atoms with Crippen LogP contribution in [0.2, 0.25) is 0 Å². The predicted octanol–water partition coefficient (Wildman–Crippen LogP) is 7.14. The van der Waals surface area contributed by atoms with E-state index in [4.69, 9.17) is 32.7 Å². The van der Waals surface area contributed by atoms with Crippen molar-refractivity contribution in [3.63, 3.8) is 0 Å². The van der Waals surface area contributed by atoms with Gasteiger partial charge in [0.25, 0.3) is 0 Å². The number of rotatable bonds is 7. The molecule has 0 aromatic heterocycles. The van der Waals surface area contributed by atoms with Gasteiger partial charge in [-0.1, -0.05) is 59.6 Å². The first-order valence-electron chi connectivity index (χ1n) is 10.3. The van der Waals surface area contributed by atoms with Crippen molar-refractivity contribution >= 4 is 29.2 Å². The number of nitrogens with zero attached hydrogens (tertiary/aromatic N) is 1. The van der Waals surface area contributed by atoms with E-state index in [-0.39, 0.29) is 23.3 Å². The number of nitriles is 1. The van der Waals surface area contributed by atoms with Crippen molar-refractivity contribution < 1.29 is 36.6 Å². The van der Waals surface area contributed by atoms with Crippen LogP contribution in [0.3, 0.4) is 0 Å². The Bertz CT molecular complexity index is 1310. The molecule has 186 valence electrons. The van der Waals surface area contributed by atoms with Crippen molar-refractivity contribution in [1.29, 1.82) is 5.26 Å². The van der Waals surface area contributed by atoms with Crippen LogP contribution < -0.4 is 9.47 Å².